The summed E-state index contributed by atoms with van der Waals surface area (Å²) in [7, 11) is 0. The van der Waals surface area contributed by atoms with Crippen LogP contribution in [0.1, 0.15) is 18.9 Å². The Kier molecular flexibility index (Phi) is 5.06. The van der Waals surface area contributed by atoms with Gasteiger partial charge in [0.1, 0.15) is 6.04 Å². The molecule has 2 atom stereocenters. The first-order chi connectivity index (χ1) is 9.63. The fourth-order valence-electron chi connectivity index (χ4n) is 2.50. The maximum atomic E-state index is 12.5. The molecule has 4 nitrogen and oxygen atoms in total. The van der Waals surface area contributed by atoms with E-state index in [0.29, 0.717) is 25.9 Å². The average molecular weight is 292 g/mol. The summed E-state index contributed by atoms with van der Waals surface area (Å²) in [6, 6.07) is 9.45. The zero-order valence-electron chi connectivity index (χ0n) is 11.6. The van der Waals surface area contributed by atoms with Gasteiger partial charge in [-0.1, -0.05) is 37.3 Å². The molecule has 2 rings (SSSR count). The van der Waals surface area contributed by atoms with Crippen LogP contribution in [-0.2, 0) is 16.0 Å². The molecule has 0 bridgehead atoms. The summed E-state index contributed by atoms with van der Waals surface area (Å²) in [5, 5.41) is 2.39. The third kappa shape index (κ3) is 3.33. The monoisotopic (exact) mass is 292 g/mol. The highest BCUT2D eigenvalue weighted by Gasteiger charge is 2.33. The van der Waals surface area contributed by atoms with Gasteiger partial charge in [0.2, 0.25) is 11.8 Å². The highest BCUT2D eigenvalue weighted by molar-refractivity contribution is 7.81. The van der Waals surface area contributed by atoms with Crippen LogP contribution >= 0.6 is 12.6 Å². The van der Waals surface area contributed by atoms with Crippen molar-refractivity contribution in [1.82, 2.24) is 10.2 Å². The number of hydrogen-bond acceptors (Lipinski definition) is 3. The fraction of sp³-hybridized carbons (Fsp3) is 0.467. The van der Waals surface area contributed by atoms with Gasteiger partial charge in [0.15, 0.2) is 0 Å². The number of thiol groups is 1. The van der Waals surface area contributed by atoms with Crippen LogP contribution in [0.15, 0.2) is 30.3 Å². The van der Waals surface area contributed by atoms with Gasteiger partial charge in [-0.3, -0.25) is 9.59 Å². The third-order valence-electron chi connectivity index (χ3n) is 3.56. The molecule has 108 valence electrons. The number of carbonyl (C=O) groups is 2. The first-order valence-electron chi connectivity index (χ1n) is 6.93. The van der Waals surface area contributed by atoms with Crippen LogP contribution in [0.5, 0.6) is 0 Å². The lowest BCUT2D eigenvalue weighted by Gasteiger charge is -2.35. The molecule has 0 spiro atoms. The number of benzene rings is 1. The number of piperazine rings is 1. The molecule has 1 fully saturated rings. The first kappa shape index (κ1) is 14.9. The molecule has 1 aliphatic rings. The van der Waals surface area contributed by atoms with Gasteiger partial charge in [-0.2, -0.15) is 12.6 Å². The molecule has 1 N–H and O–H groups in total. The molecule has 1 aromatic carbocycles. The van der Waals surface area contributed by atoms with Crippen molar-refractivity contribution in [3.8, 4) is 0 Å². The van der Waals surface area contributed by atoms with Crippen molar-refractivity contribution in [2.45, 2.75) is 31.1 Å². The summed E-state index contributed by atoms with van der Waals surface area (Å²) in [6.07, 6.45) is 1.21. The largest absolute Gasteiger partial charge is 0.353 e. The Labute approximate surface area is 124 Å². The van der Waals surface area contributed by atoms with E-state index in [0.717, 1.165) is 5.56 Å². The number of nitrogens with zero attached hydrogens (tertiary/aromatic N) is 1. The quantitative estimate of drug-likeness (QED) is 0.821. The van der Waals surface area contributed by atoms with Crippen LogP contribution in [0.2, 0.25) is 0 Å². The van der Waals surface area contributed by atoms with Crippen molar-refractivity contribution in [3.63, 3.8) is 0 Å². The lowest BCUT2D eigenvalue weighted by atomic mass is 10.1. The Morgan fingerprint density at radius 1 is 1.45 bits per heavy atom. The Bertz CT molecular complexity index is 478. The van der Waals surface area contributed by atoms with E-state index in [1.54, 1.807) is 4.90 Å². The summed E-state index contributed by atoms with van der Waals surface area (Å²) in [5.74, 6) is -0.119. The molecule has 2 amide bonds. The lowest BCUT2D eigenvalue weighted by molar-refractivity contribution is -0.142. The summed E-state index contributed by atoms with van der Waals surface area (Å²) in [5.41, 5.74) is 1.08. The smallest absolute Gasteiger partial charge is 0.242 e. The first-order valence-corrected chi connectivity index (χ1v) is 7.45. The minimum Gasteiger partial charge on any atom is -0.353 e. The van der Waals surface area contributed by atoms with Crippen molar-refractivity contribution in [1.29, 1.82) is 0 Å². The summed E-state index contributed by atoms with van der Waals surface area (Å²) in [6.45, 7) is 3.00. The highest BCUT2D eigenvalue weighted by Crippen LogP contribution is 2.15. The molecule has 2 unspecified atom stereocenters. The fourth-order valence-corrected chi connectivity index (χ4v) is 2.86. The number of carbonyl (C=O) groups excluding carboxylic acids is 2. The Balaban J connectivity index is 2.04. The van der Waals surface area contributed by atoms with Crippen molar-refractivity contribution >= 4 is 24.4 Å². The van der Waals surface area contributed by atoms with E-state index in [4.69, 9.17) is 0 Å². The van der Waals surface area contributed by atoms with E-state index in [-0.39, 0.29) is 17.9 Å². The van der Waals surface area contributed by atoms with E-state index in [9.17, 15) is 9.59 Å². The third-order valence-corrected chi connectivity index (χ3v) is 3.96. The van der Waals surface area contributed by atoms with Crippen molar-refractivity contribution in [2.75, 3.05) is 13.1 Å². The molecule has 0 radical (unpaired) electrons. The zero-order chi connectivity index (χ0) is 14.5. The van der Waals surface area contributed by atoms with Gasteiger partial charge in [-0.25, -0.2) is 0 Å². The van der Waals surface area contributed by atoms with E-state index >= 15 is 0 Å². The molecule has 0 aromatic heterocycles. The second-order valence-electron chi connectivity index (χ2n) is 4.95. The molecule has 1 aliphatic heterocycles. The van der Waals surface area contributed by atoms with E-state index < -0.39 is 5.25 Å². The van der Waals surface area contributed by atoms with Crippen LogP contribution in [0.25, 0.3) is 0 Å². The number of rotatable bonds is 4. The minimum atomic E-state index is -0.405. The number of amides is 2. The SMILES string of the molecule is CCC1C(=O)NCCN1C(=O)C(S)Cc1ccccc1. The predicted octanol–water partition coefficient (Wildman–Crippen LogP) is 1.26. The number of hydrogen-bond donors (Lipinski definition) is 2. The molecule has 1 saturated heterocycles. The van der Waals surface area contributed by atoms with Crippen LogP contribution in [0.3, 0.4) is 0 Å². The molecular weight excluding hydrogens is 272 g/mol. The maximum Gasteiger partial charge on any atom is 0.242 e. The van der Waals surface area contributed by atoms with Crippen LogP contribution < -0.4 is 5.32 Å². The normalized spacial score (nSPS) is 20.4. The molecular formula is C15H20N2O2S. The van der Waals surface area contributed by atoms with Gasteiger partial charge in [0.25, 0.3) is 0 Å². The van der Waals surface area contributed by atoms with E-state index in [1.807, 2.05) is 37.3 Å². The average Bonchev–Trinajstić information content (AvgIpc) is 2.47. The Hall–Kier alpha value is -1.49. The zero-order valence-corrected chi connectivity index (χ0v) is 12.5. The molecule has 1 heterocycles. The maximum absolute atomic E-state index is 12.5. The summed E-state index contributed by atoms with van der Waals surface area (Å²) in [4.78, 5) is 25.9. The van der Waals surface area contributed by atoms with Crippen molar-refractivity contribution in [3.05, 3.63) is 35.9 Å². The van der Waals surface area contributed by atoms with Crippen LogP contribution in [-0.4, -0.2) is 41.1 Å². The summed E-state index contributed by atoms with van der Waals surface area (Å²) >= 11 is 4.43. The molecule has 0 saturated carbocycles. The van der Waals surface area contributed by atoms with Crippen LogP contribution in [0.4, 0.5) is 0 Å². The second-order valence-corrected chi connectivity index (χ2v) is 5.58. The minimum absolute atomic E-state index is 0.0566. The standard InChI is InChI=1S/C15H20N2O2S/c1-2-12-14(18)16-8-9-17(12)15(19)13(20)10-11-6-4-3-5-7-11/h3-7,12-13,20H,2,8-10H2,1H3,(H,16,18). The van der Waals surface area contributed by atoms with Crippen molar-refractivity contribution in [2.24, 2.45) is 0 Å². The van der Waals surface area contributed by atoms with Gasteiger partial charge in [0, 0.05) is 13.1 Å². The van der Waals surface area contributed by atoms with Crippen molar-refractivity contribution < 1.29 is 9.59 Å². The molecule has 0 aliphatic carbocycles. The van der Waals surface area contributed by atoms with Gasteiger partial charge < -0.3 is 10.2 Å². The topological polar surface area (TPSA) is 49.4 Å². The Morgan fingerprint density at radius 3 is 2.80 bits per heavy atom. The Morgan fingerprint density at radius 2 is 2.15 bits per heavy atom. The number of nitrogens with one attached hydrogen (secondary N) is 1. The van der Waals surface area contributed by atoms with E-state index in [1.165, 1.54) is 0 Å². The lowest BCUT2D eigenvalue weighted by Crippen LogP contribution is -2.58. The van der Waals surface area contributed by atoms with Gasteiger partial charge in [0.05, 0.1) is 5.25 Å². The molecule has 5 heteroatoms. The molecule has 20 heavy (non-hydrogen) atoms. The van der Waals surface area contributed by atoms with Gasteiger partial charge in [-0.05, 0) is 18.4 Å². The summed E-state index contributed by atoms with van der Waals surface area (Å²) < 4.78 is 0. The predicted molar refractivity (Wildman–Crippen MR) is 81.7 cm³/mol. The highest BCUT2D eigenvalue weighted by atomic mass is 32.1. The van der Waals surface area contributed by atoms with Gasteiger partial charge >= 0.3 is 0 Å². The molecule has 1 aromatic rings. The van der Waals surface area contributed by atoms with Crippen LogP contribution in [0, 0.1) is 0 Å². The van der Waals surface area contributed by atoms with Gasteiger partial charge in [-0.15, -0.1) is 0 Å². The second kappa shape index (κ2) is 6.79. The van der Waals surface area contributed by atoms with E-state index in [2.05, 4.69) is 17.9 Å².